The van der Waals surface area contributed by atoms with E-state index >= 15 is 0 Å². The minimum Gasteiger partial charge on any atom is -0.451 e. The van der Waals surface area contributed by atoms with Gasteiger partial charge >= 0.3 is 13.9 Å². The fourth-order valence-corrected chi connectivity index (χ4v) is 7.36. The molecule has 0 saturated carbocycles. The summed E-state index contributed by atoms with van der Waals surface area (Å²) in [5.41, 5.74) is -1.91. The summed E-state index contributed by atoms with van der Waals surface area (Å²) in [6.45, 7) is 2.34. The van der Waals surface area contributed by atoms with E-state index in [1.165, 1.54) is 15.7 Å². The van der Waals surface area contributed by atoms with Gasteiger partial charge in [-0.1, -0.05) is 11.2 Å². The minimum absolute atomic E-state index is 0.0397. The summed E-state index contributed by atoms with van der Waals surface area (Å²) in [5, 5.41) is 6.65. The summed E-state index contributed by atoms with van der Waals surface area (Å²) >= 11 is 0. The van der Waals surface area contributed by atoms with Gasteiger partial charge < -0.3 is 43.8 Å². The van der Waals surface area contributed by atoms with Gasteiger partial charge in [0.05, 0.1) is 24.4 Å². The second kappa shape index (κ2) is 13.7. The zero-order valence-electron chi connectivity index (χ0n) is 27.2. The first-order valence-electron chi connectivity index (χ1n) is 16.0. The maximum Gasteiger partial charge on any atom is 0.469 e. The predicted molar refractivity (Wildman–Crippen MR) is 168 cm³/mol. The largest absolute Gasteiger partial charge is 0.469 e. The van der Waals surface area contributed by atoms with Crippen molar-refractivity contribution in [3.05, 3.63) is 63.1 Å². The summed E-state index contributed by atoms with van der Waals surface area (Å²) in [4.78, 5) is 81.5. The number of carbonyl (C=O) groups is 3. The lowest BCUT2D eigenvalue weighted by Gasteiger charge is -2.42. The Kier molecular flexibility index (Phi) is 9.74. The molecule has 6 rings (SSSR count). The smallest absolute Gasteiger partial charge is 0.451 e. The van der Waals surface area contributed by atoms with Crippen LogP contribution in [0.3, 0.4) is 0 Å². The number of likely N-dealkylation sites (tertiary alicyclic amines) is 1. The van der Waals surface area contributed by atoms with Crippen LogP contribution in [0.1, 0.15) is 78.4 Å². The van der Waals surface area contributed by atoms with Gasteiger partial charge in [-0.2, -0.15) is 0 Å². The summed E-state index contributed by atoms with van der Waals surface area (Å²) in [7, 11) is -4.79. The van der Waals surface area contributed by atoms with E-state index in [4.69, 9.17) is 24.1 Å². The summed E-state index contributed by atoms with van der Waals surface area (Å²) < 4.78 is 56.0. The number of oxime groups is 1. The minimum atomic E-state index is -4.79. The quantitative estimate of drug-likeness (QED) is 0.254. The van der Waals surface area contributed by atoms with E-state index in [-0.39, 0.29) is 30.4 Å². The number of nitrogens with one attached hydrogen (secondary N) is 1. The van der Waals surface area contributed by atoms with E-state index in [1.54, 1.807) is 11.8 Å². The molecule has 5 heterocycles. The molecule has 3 amide bonds. The van der Waals surface area contributed by atoms with E-state index in [2.05, 4.69) is 15.0 Å². The molecule has 1 spiro atoms. The maximum absolute atomic E-state index is 14.3. The number of amides is 3. The molecule has 2 aromatic rings. The van der Waals surface area contributed by atoms with Crippen LogP contribution >= 0.6 is 7.82 Å². The van der Waals surface area contributed by atoms with Gasteiger partial charge in [-0.3, -0.25) is 18.9 Å². The molecule has 50 heavy (non-hydrogen) atoms. The van der Waals surface area contributed by atoms with Gasteiger partial charge in [0.1, 0.15) is 17.2 Å². The molecule has 2 fully saturated rings. The van der Waals surface area contributed by atoms with Crippen molar-refractivity contribution in [1.29, 1.82) is 0 Å². The average Bonchev–Trinajstić information content (AvgIpc) is 3.66. The molecular formula is C31H36F2N5O11P. The SMILES string of the molecule is CC1=NO[C@@]2(CC[C@H](C)N3C[C@H]2n2cc(C(=O)NCc4ccc(F)cc4F)c(=O)c(OCOC(=O)N4CCC[C@H]4COP(=O)(O)O)c2C3=O)C1. The highest BCUT2D eigenvalue weighted by atomic mass is 31.2. The number of phosphoric acid groups is 1. The van der Waals surface area contributed by atoms with Gasteiger partial charge in [0.2, 0.25) is 18.0 Å². The van der Waals surface area contributed by atoms with Gasteiger partial charge in [-0.25, -0.2) is 18.1 Å². The molecule has 0 aliphatic carbocycles. The number of hydrogen-bond donors (Lipinski definition) is 3. The zero-order valence-corrected chi connectivity index (χ0v) is 28.1. The van der Waals surface area contributed by atoms with Gasteiger partial charge in [-0.15, -0.1) is 0 Å². The lowest BCUT2D eigenvalue weighted by atomic mass is 9.84. The molecular weight excluding hydrogens is 687 g/mol. The number of carbonyl (C=O) groups excluding carboxylic acids is 3. The summed E-state index contributed by atoms with van der Waals surface area (Å²) in [6.07, 6.45) is 2.68. The van der Waals surface area contributed by atoms with E-state index < -0.39 is 91.7 Å². The van der Waals surface area contributed by atoms with Crippen LogP contribution in [0.25, 0.3) is 0 Å². The standard InChI is InChI=1S/C31H36F2N5O11P/c1-17-11-31(49-35-17)8-7-18(2)37-14-24(31)38-13-22(28(40)34-12-19-5-6-20(32)10-23(19)33)26(39)27(25(38)29(37)41)46-16-47-30(42)36-9-3-4-21(36)15-48-50(43,44)45/h5-6,10,13,18,21,24H,3-4,7-9,11-12,14-16H2,1-2H3,(H,34,40)(H2,43,44,45)/t18-,21-,24+,31-/m0/s1. The number of hydrogen-bond acceptors (Lipinski definition) is 10. The maximum atomic E-state index is 14.3. The molecule has 0 unspecified atom stereocenters. The molecule has 4 aliphatic rings. The third-order valence-electron chi connectivity index (χ3n) is 9.56. The number of nitrogens with zero attached hydrogens (tertiary/aromatic N) is 4. The highest BCUT2D eigenvalue weighted by molar-refractivity contribution is 7.46. The topological polar surface area (TPSA) is 199 Å². The highest BCUT2D eigenvalue weighted by Gasteiger charge is 2.54. The molecule has 1 aromatic heterocycles. The van der Waals surface area contributed by atoms with Crippen molar-refractivity contribution in [1.82, 2.24) is 19.7 Å². The van der Waals surface area contributed by atoms with Crippen molar-refractivity contribution in [2.45, 2.75) is 76.2 Å². The van der Waals surface area contributed by atoms with Crippen LogP contribution in [0.5, 0.6) is 5.75 Å². The Morgan fingerprint density at radius 3 is 2.70 bits per heavy atom. The number of benzene rings is 1. The van der Waals surface area contributed by atoms with Crippen molar-refractivity contribution in [3.63, 3.8) is 0 Å². The lowest BCUT2D eigenvalue weighted by Crippen LogP contribution is -2.52. The Bertz CT molecular complexity index is 1850. The Labute approximate surface area is 284 Å². The Hall–Kier alpha value is -4.38. The van der Waals surface area contributed by atoms with Crippen molar-refractivity contribution in [2.75, 3.05) is 26.5 Å². The van der Waals surface area contributed by atoms with Crippen molar-refractivity contribution < 1.29 is 56.4 Å². The van der Waals surface area contributed by atoms with Gasteiger partial charge in [-0.05, 0) is 45.6 Å². The van der Waals surface area contributed by atoms with Gasteiger partial charge in [0.15, 0.2) is 11.3 Å². The lowest BCUT2D eigenvalue weighted by molar-refractivity contribution is -0.0657. The van der Waals surface area contributed by atoms with Gasteiger partial charge in [0.25, 0.3) is 11.8 Å². The van der Waals surface area contributed by atoms with E-state index in [1.807, 2.05) is 6.92 Å². The molecule has 3 N–H and O–H groups in total. The first-order chi connectivity index (χ1) is 23.7. The normalized spacial score (nSPS) is 24.4. The fraction of sp³-hybridized carbons (Fsp3) is 0.516. The number of pyridine rings is 1. The van der Waals surface area contributed by atoms with Crippen LogP contribution in [0.2, 0.25) is 0 Å². The van der Waals surface area contributed by atoms with Crippen LogP contribution in [-0.2, 0) is 25.2 Å². The van der Waals surface area contributed by atoms with E-state index in [0.29, 0.717) is 38.2 Å². The van der Waals surface area contributed by atoms with Gasteiger partial charge in [0, 0.05) is 49.9 Å². The summed E-state index contributed by atoms with van der Waals surface area (Å²) in [6, 6.07) is 1.24. The zero-order chi connectivity index (χ0) is 36.0. The molecule has 16 nitrogen and oxygen atoms in total. The monoisotopic (exact) mass is 723 g/mol. The second-order valence-electron chi connectivity index (χ2n) is 12.8. The third-order valence-corrected chi connectivity index (χ3v) is 10.0. The second-order valence-corrected chi connectivity index (χ2v) is 14.1. The van der Waals surface area contributed by atoms with Crippen molar-refractivity contribution >= 4 is 31.4 Å². The molecule has 1 aromatic carbocycles. The molecule has 0 radical (unpaired) electrons. The van der Waals surface area contributed by atoms with E-state index in [9.17, 15) is 32.5 Å². The number of halogens is 2. The van der Waals surface area contributed by atoms with Crippen LogP contribution in [0.4, 0.5) is 13.6 Å². The fourth-order valence-electron chi connectivity index (χ4n) is 7.00. The number of fused-ring (bicyclic) bond motifs is 5. The van der Waals surface area contributed by atoms with E-state index in [0.717, 1.165) is 17.8 Å². The Morgan fingerprint density at radius 2 is 2.00 bits per heavy atom. The Balaban J connectivity index is 1.32. The highest BCUT2D eigenvalue weighted by Crippen LogP contribution is 2.46. The molecule has 4 atom stereocenters. The van der Waals surface area contributed by atoms with Crippen molar-refractivity contribution in [2.24, 2.45) is 5.16 Å². The number of phosphoric ester groups is 1. The average molecular weight is 724 g/mol. The predicted octanol–water partition coefficient (Wildman–Crippen LogP) is 2.82. The Morgan fingerprint density at radius 1 is 1.22 bits per heavy atom. The van der Waals surface area contributed by atoms with Crippen LogP contribution in [0, 0.1) is 11.6 Å². The van der Waals surface area contributed by atoms with Crippen LogP contribution in [-0.4, -0.2) is 91.9 Å². The molecule has 4 aliphatic heterocycles. The first kappa shape index (κ1) is 35.4. The first-order valence-corrected chi connectivity index (χ1v) is 17.5. The van der Waals surface area contributed by atoms with Crippen molar-refractivity contribution in [3.8, 4) is 5.75 Å². The van der Waals surface area contributed by atoms with Crippen LogP contribution in [0.15, 0.2) is 34.3 Å². The number of aromatic nitrogens is 1. The number of rotatable bonds is 9. The summed E-state index contributed by atoms with van der Waals surface area (Å²) in [5.74, 6) is -3.77. The number of ether oxygens (including phenoxy) is 2. The molecule has 2 bridgehead atoms. The molecule has 19 heteroatoms. The van der Waals surface area contributed by atoms with Crippen LogP contribution < -0.4 is 15.5 Å². The molecule has 270 valence electrons. The third kappa shape index (κ3) is 6.97. The molecule has 2 saturated heterocycles.